The summed E-state index contributed by atoms with van der Waals surface area (Å²) in [6.07, 6.45) is 0.701. The average molecular weight is 334 g/mol. The second-order valence-electron chi connectivity index (χ2n) is 6.74. The summed E-state index contributed by atoms with van der Waals surface area (Å²) in [7, 11) is -1.31. The van der Waals surface area contributed by atoms with Crippen molar-refractivity contribution in [1.29, 1.82) is 0 Å². The molecule has 0 spiro atoms. The second-order valence-corrected chi connectivity index (χ2v) is 8.66. The molecular formula is C14H30N4O3S. The maximum atomic E-state index is 12.7. The van der Waals surface area contributed by atoms with Gasteiger partial charge >= 0.3 is 0 Å². The van der Waals surface area contributed by atoms with Crippen LogP contribution in [0.5, 0.6) is 0 Å². The maximum Gasteiger partial charge on any atom is 0.282 e. The Hall–Kier alpha value is -0.250. The lowest BCUT2D eigenvalue weighted by molar-refractivity contribution is 0.00774. The van der Waals surface area contributed by atoms with E-state index in [4.69, 9.17) is 0 Å². The Bertz CT molecular complexity index is 453. The highest BCUT2D eigenvalue weighted by atomic mass is 32.2. The van der Waals surface area contributed by atoms with Crippen LogP contribution in [0.15, 0.2) is 0 Å². The second kappa shape index (κ2) is 7.11. The molecule has 0 aliphatic carbocycles. The molecule has 2 saturated heterocycles. The summed E-state index contributed by atoms with van der Waals surface area (Å²) in [4.78, 5) is 4.30. The van der Waals surface area contributed by atoms with Crippen LogP contribution >= 0.6 is 0 Å². The highest BCUT2D eigenvalue weighted by Gasteiger charge is 2.34. The summed E-state index contributed by atoms with van der Waals surface area (Å²) in [6.45, 7) is 9.51. The Kier molecular flexibility index (Phi) is 5.84. The molecule has 0 aromatic heterocycles. The summed E-state index contributed by atoms with van der Waals surface area (Å²) in [5.41, 5.74) is -0.696. The van der Waals surface area contributed by atoms with Gasteiger partial charge in [0, 0.05) is 58.9 Å². The maximum absolute atomic E-state index is 12.7. The summed E-state index contributed by atoms with van der Waals surface area (Å²) in [5, 5.41) is 10.1. The zero-order valence-corrected chi connectivity index (χ0v) is 14.8. The van der Waals surface area contributed by atoms with Crippen LogP contribution in [0, 0.1) is 0 Å². The minimum atomic E-state index is -3.33. The van der Waals surface area contributed by atoms with Crippen LogP contribution < -0.4 is 0 Å². The van der Waals surface area contributed by atoms with Crippen molar-refractivity contribution in [2.45, 2.75) is 25.9 Å². The first kappa shape index (κ1) is 18.1. The van der Waals surface area contributed by atoms with Crippen molar-refractivity contribution in [2.75, 3.05) is 66.0 Å². The van der Waals surface area contributed by atoms with Crippen molar-refractivity contribution in [1.82, 2.24) is 18.4 Å². The molecule has 0 saturated carbocycles. The van der Waals surface area contributed by atoms with Crippen LogP contribution in [0.3, 0.4) is 0 Å². The number of hydrogen-bond donors (Lipinski definition) is 1. The topological polar surface area (TPSA) is 67.3 Å². The quantitative estimate of drug-likeness (QED) is 0.717. The van der Waals surface area contributed by atoms with E-state index < -0.39 is 15.8 Å². The first-order chi connectivity index (χ1) is 10.2. The number of hydrogen-bond acceptors (Lipinski definition) is 5. The average Bonchev–Trinajstić information content (AvgIpc) is 2.48. The number of likely N-dealkylation sites (N-methyl/N-ethyl adjacent to an activating group) is 1. The van der Waals surface area contributed by atoms with E-state index in [0.29, 0.717) is 52.2 Å². The number of piperazine rings is 2. The smallest absolute Gasteiger partial charge is 0.282 e. The van der Waals surface area contributed by atoms with Crippen molar-refractivity contribution in [2.24, 2.45) is 0 Å². The molecule has 22 heavy (non-hydrogen) atoms. The molecule has 1 unspecified atom stereocenters. The van der Waals surface area contributed by atoms with Gasteiger partial charge in [0.15, 0.2) is 0 Å². The number of rotatable bonds is 5. The molecule has 0 bridgehead atoms. The van der Waals surface area contributed by atoms with E-state index >= 15 is 0 Å². The fourth-order valence-corrected chi connectivity index (χ4v) is 4.47. The van der Waals surface area contributed by atoms with E-state index in [1.807, 2.05) is 20.9 Å². The molecule has 7 nitrogen and oxygen atoms in total. The number of β-amino-alcohol motifs (C(OH)–C–C–N with tert-alkyl or cyclic N) is 1. The predicted molar refractivity (Wildman–Crippen MR) is 86.9 cm³/mol. The monoisotopic (exact) mass is 334 g/mol. The van der Waals surface area contributed by atoms with Crippen molar-refractivity contribution in [3.8, 4) is 0 Å². The van der Waals surface area contributed by atoms with Gasteiger partial charge in [-0.25, -0.2) is 0 Å². The van der Waals surface area contributed by atoms with Crippen LogP contribution in [-0.4, -0.2) is 103 Å². The minimum Gasteiger partial charge on any atom is -0.389 e. The van der Waals surface area contributed by atoms with Gasteiger partial charge in [0.05, 0.1) is 5.60 Å². The van der Waals surface area contributed by atoms with Crippen LogP contribution in [0.1, 0.15) is 20.3 Å². The summed E-state index contributed by atoms with van der Waals surface area (Å²) < 4.78 is 28.5. The van der Waals surface area contributed by atoms with Gasteiger partial charge < -0.3 is 10.0 Å². The van der Waals surface area contributed by atoms with Gasteiger partial charge in [-0.15, -0.1) is 0 Å². The standard InChI is InChI=1S/C14H30N4O3S/c1-4-14(2,19)13-16-7-11-18(12-8-16)22(20,21)17-9-5-15(3)6-10-17/h19H,4-13H2,1-3H3. The molecule has 2 heterocycles. The Labute approximate surface area is 134 Å². The van der Waals surface area contributed by atoms with Crippen molar-refractivity contribution in [3.63, 3.8) is 0 Å². The SMILES string of the molecule is CCC(C)(O)CN1CCN(S(=O)(=O)N2CCN(C)CC2)CC1. The van der Waals surface area contributed by atoms with Crippen LogP contribution in [0.25, 0.3) is 0 Å². The molecule has 0 amide bonds. The lowest BCUT2D eigenvalue weighted by Gasteiger charge is -2.40. The normalized spacial score (nSPS) is 26.9. The van der Waals surface area contributed by atoms with Gasteiger partial charge in [-0.2, -0.15) is 17.0 Å². The van der Waals surface area contributed by atoms with E-state index in [0.717, 1.165) is 13.1 Å². The zero-order valence-electron chi connectivity index (χ0n) is 14.0. The van der Waals surface area contributed by atoms with E-state index in [2.05, 4.69) is 9.80 Å². The van der Waals surface area contributed by atoms with E-state index in [1.165, 1.54) is 0 Å². The van der Waals surface area contributed by atoms with Gasteiger partial charge in [-0.3, -0.25) is 4.90 Å². The summed E-state index contributed by atoms with van der Waals surface area (Å²) in [6, 6.07) is 0. The first-order valence-corrected chi connectivity index (χ1v) is 9.53. The highest BCUT2D eigenvalue weighted by Crippen LogP contribution is 2.17. The molecule has 2 fully saturated rings. The lowest BCUT2D eigenvalue weighted by atomic mass is 10.0. The van der Waals surface area contributed by atoms with E-state index in [1.54, 1.807) is 8.61 Å². The largest absolute Gasteiger partial charge is 0.389 e. The summed E-state index contributed by atoms with van der Waals surface area (Å²) in [5.74, 6) is 0. The molecule has 1 N–H and O–H groups in total. The van der Waals surface area contributed by atoms with E-state index in [-0.39, 0.29) is 0 Å². The molecule has 8 heteroatoms. The predicted octanol–water partition coefficient (Wildman–Crippen LogP) is -0.743. The van der Waals surface area contributed by atoms with Gasteiger partial charge in [0.2, 0.25) is 0 Å². The zero-order chi connectivity index (χ0) is 16.4. The van der Waals surface area contributed by atoms with Gasteiger partial charge in [-0.05, 0) is 20.4 Å². The van der Waals surface area contributed by atoms with Crippen LogP contribution in [0.2, 0.25) is 0 Å². The van der Waals surface area contributed by atoms with Crippen LogP contribution in [0.4, 0.5) is 0 Å². The van der Waals surface area contributed by atoms with E-state index in [9.17, 15) is 13.5 Å². The van der Waals surface area contributed by atoms with Crippen molar-refractivity contribution in [3.05, 3.63) is 0 Å². The Morgan fingerprint density at radius 3 is 1.86 bits per heavy atom. The first-order valence-electron chi connectivity index (χ1n) is 8.13. The molecule has 130 valence electrons. The van der Waals surface area contributed by atoms with Gasteiger partial charge in [0.1, 0.15) is 0 Å². The third-order valence-corrected chi connectivity index (χ3v) is 6.81. The molecule has 2 aliphatic heterocycles. The van der Waals surface area contributed by atoms with Gasteiger partial charge in [-0.1, -0.05) is 6.92 Å². The van der Waals surface area contributed by atoms with Gasteiger partial charge in [0.25, 0.3) is 10.2 Å². The fourth-order valence-electron chi connectivity index (χ4n) is 2.89. The third-order valence-electron chi connectivity index (χ3n) is 4.77. The van der Waals surface area contributed by atoms with Crippen LogP contribution in [-0.2, 0) is 10.2 Å². The molecule has 2 aliphatic rings. The molecule has 0 radical (unpaired) electrons. The van der Waals surface area contributed by atoms with Crippen molar-refractivity contribution < 1.29 is 13.5 Å². The Balaban J connectivity index is 1.88. The Morgan fingerprint density at radius 1 is 0.955 bits per heavy atom. The fraction of sp³-hybridized carbons (Fsp3) is 1.00. The third kappa shape index (κ3) is 4.39. The lowest BCUT2D eigenvalue weighted by Crippen LogP contribution is -2.57. The molecular weight excluding hydrogens is 304 g/mol. The molecule has 2 rings (SSSR count). The highest BCUT2D eigenvalue weighted by molar-refractivity contribution is 7.86. The number of nitrogens with zero attached hydrogens (tertiary/aromatic N) is 4. The minimum absolute atomic E-state index is 0.508. The number of aliphatic hydroxyl groups is 1. The Morgan fingerprint density at radius 2 is 1.41 bits per heavy atom. The molecule has 1 atom stereocenters. The van der Waals surface area contributed by atoms with Crippen molar-refractivity contribution >= 4 is 10.2 Å². The summed E-state index contributed by atoms with van der Waals surface area (Å²) >= 11 is 0. The molecule has 0 aromatic rings. The molecule has 0 aromatic carbocycles.